The van der Waals surface area contributed by atoms with Crippen LogP contribution in [0.1, 0.15) is 19.4 Å². The van der Waals surface area contributed by atoms with Crippen LogP contribution in [0.3, 0.4) is 0 Å². The maximum Gasteiger partial charge on any atom is 0.336 e. The molecule has 35 heavy (non-hydrogen) atoms. The highest BCUT2D eigenvalue weighted by Crippen LogP contribution is 2.25. The zero-order valence-corrected chi connectivity index (χ0v) is 19.9. The lowest BCUT2D eigenvalue weighted by Gasteiger charge is -2.09. The predicted molar refractivity (Wildman–Crippen MR) is 132 cm³/mol. The van der Waals surface area contributed by atoms with E-state index in [9.17, 15) is 9.18 Å². The van der Waals surface area contributed by atoms with Crippen LogP contribution >= 0.6 is 0 Å². The molecular weight excluding hydrogens is 447 g/mol. The molecule has 4 aromatic rings. The second-order valence-electron chi connectivity index (χ2n) is 8.28. The number of nitrogens with one attached hydrogen (secondary N) is 1. The van der Waals surface area contributed by atoms with Gasteiger partial charge in [-0.2, -0.15) is 4.98 Å². The molecule has 0 atom stereocenters. The molecular formula is C27H27FN4O3. The van der Waals surface area contributed by atoms with Crippen molar-refractivity contribution in [2.45, 2.75) is 20.3 Å². The number of amides is 1. The van der Waals surface area contributed by atoms with E-state index in [2.05, 4.69) is 15.4 Å². The standard InChI is InChI=1S/C27H27FN4O3/c1-18(2)26(33)29-22-9-11-23(12-10-22)32-25(20-5-4-6-21(28)17-20)30-27(31-32)35-16-15-19-7-13-24(34-3)14-8-19/h4-14,17-18H,15-16H2,1-3H3,(H,29,33). The zero-order chi connectivity index (χ0) is 24.8. The zero-order valence-electron chi connectivity index (χ0n) is 19.9. The van der Waals surface area contributed by atoms with Crippen LogP contribution in [0.5, 0.6) is 11.8 Å². The minimum absolute atomic E-state index is 0.0634. The Morgan fingerprint density at radius 1 is 1.06 bits per heavy atom. The molecule has 0 aliphatic carbocycles. The van der Waals surface area contributed by atoms with Crippen LogP contribution in [0.15, 0.2) is 72.8 Å². The second-order valence-corrected chi connectivity index (χ2v) is 8.28. The highest BCUT2D eigenvalue weighted by Gasteiger charge is 2.16. The SMILES string of the molecule is COc1ccc(CCOc2nc(-c3cccc(F)c3)n(-c3ccc(NC(=O)C(C)C)cc3)n2)cc1. The molecule has 0 spiro atoms. The molecule has 0 fully saturated rings. The van der Waals surface area contributed by atoms with Crippen LogP contribution in [0.2, 0.25) is 0 Å². The average Bonchev–Trinajstić information content (AvgIpc) is 3.29. The monoisotopic (exact) mass is 474 g/mol. The molecule has 0 radical (unpaired) electrons. The minimum Gasteiger partial charge on any atom is -0.497 e. The lowest BCUT2D eigenvalue weighted by Crippen LogP contribution is -2.17. The lowest BCUT2D eigenvalue weighted by atomic mass is 10.1. The molecule has 1 N–H and O–H groups in total. The highest BCUT2D eigenvalue weighted by atomic mass is 19.1. The molecule has 0 bridgehead atoms. The van der Waals surface area contributed by atoms with Crippen molar-refractivity contribution in [3.8, 4) is 28.8 Å². The van der Waals surface area contributed by atoms with Crippen molar-refractivity contribution in [1.29, 1.82) is 0 Å². The molecule has 7 nitrogen and oxygen atoms in total. The lowest BCUT2D eigenvalue weighted by molar-refractivity contribution is -0.118. The molecule has 0 aliphatic heterocycles. The summed E-state index contributed by atoms with van der Waals surface area (Å²) >= 11 is 0. The van der Waals surface area contributed by atoms with Crippen molar-refractivity contribution < 1.29 is 18.7 Å². The third-order valence-corrected chi connectivity index (χ3v) is 5.36. The third kappa shape index (κ3) is 6.03. The van der Waals surface area contributed by atoms with E-state index in [1.54, 1.807) is 36.1 Å². The normalized spacial score (nSPS) is 10.9. The van der Waals surface area contributed by atoms with Crippen LogP contribution in [0, 0.1) is 11.7 Å². The number of halogens is 1. The smallest absolute Gasteiger partial charge is 0.336 e. The maximum absolute atomic E-state index is 13.9. The molecule has 1 amide bonds. The van der Waals surface area contributed by atoms with Gasteiger partial charge in [0.05, 0.1) is 19.4 Å². The molecule has 4 rings (SSSR count). The number of benzene rings is 3. The van der Waals surface area contributed by atoms with E-state index in [0.717, 1.165) is 11.3 Å². The van der Waals surface area contributed by atoms with Gasteiger partial charge in [0, 0.05) is 23.6 Å². The van der Waals surface area contributed by atoms with Crippen molar-refractivity contribution in [3.63, 3.8) is 0 Å². The number of carbonyl (C=O) groups excluding carboxylic acids is 1. The van der Waals surface area contributed by atoms with Gasteiger partial charge in [0.15, 0.2) is 5.82 Å². The van der Waals surface area contributed by atoms with Crippen LogP contribution in [-0.4, -0.2) is 34.4 Å². The summed E-state index contributed by atoms with van der Waals surface area (Å²) in [7, 11) is 1.63. The van der Waals surface area contributed by atoms with E-state index in [1.165, 1.54) is 12.1 Å². The van der Waals surface area contributed by atoms with E-state index in [4.69, 9.17) is 9.47 Å². The Morgan fingerprint density at radius 3 is 2.46 bits per heavy atom. The van der Waals surface area contributed by atoms with E-state index in [-0.39, 0.29) is 23.7 Å². The van der Waals surface area contributed by atoms with E-state index in [0.29, 0.717) is 35.8 Å². The number of hydrogen-bond donors (Lipinski definition) is 1. The molecule has 8 heteroatoms. The Bertz CT molecular complexity index is 1280. The summed E-state index contributed by atoms with van der Waals surface area (Å²) in [5, 5.41) is 7.38. The first-order valence-electron chi connectivity index (χ1n) is 11.3. The van der Waals surface area contributed by atoms with Gasteiger partial charge in [-0.25, -0.2) is 9.07 Å². The predicted octanol–water partition coefficient (Wildman–Crippen LogP) is 5.30. The van der Waals surface area contributed by atoms with Gasteiger partial charge in [-0.1, -0.05) is 38.1 Å². The van der Waals surface area contributed by atoms with Crippen molar-refractivity contribution in [2.75, 3.05) is 19.0 Å². The summed E-state index contributed by atoms with van der Waals surface area (Å²) < 4.78 is 26.6. The van der Waals surface area contributed by atoms with E-state index < -0.39 is 0 Å². The molecule has 0 unspecified atom stereocenters. The summed E-state index contributed by atoms with van der Waals surface area (Å²) in [4.78, 5) is 16.5. The van der Waals surface area contributed by atoms with Crippen LogP contribution in [-0.2, 0) is 11.2 Å². The fourth-order valence-electron chi connectivity index (χ4n) is 3.37. The van der Waals surface area contributed by atoms with Crippen LogP contribution in [0.4, 0.5) is 10.1 Å². The van der Waals surface area contributed by atoms with Gasteiger partial charge in [-0.3, -0.25) is 4.79 Å². The van der Waals surface area contributed by atoms with Gasteiger partial charge >= 0.3 is 6.01 Å². The highest BCUT2D eigenvalue weighted by molar-refractivity contribution is 5.92. The van der Waals surface area contributed by atoms with Crippen LogP contribution in [0.25, 0.3) is 17.1 Å². The topological polar surface area (TPSA) is 78.3 Å². The summed E-state index contributed by atoms with van der Waals surface area (Å²) in [6, 6.07) is 21.3. The first-order valence-corrected chi connectivity index (χ1v) is 11.3. The fourth-order valence-corrected chi connectivity index (χ4v) is 3.37. The number of anilines is 1. The molecule has 0 aliphatic rings. The third-order valence-electron chi connectivity index (χ3n) is 5.36. The van der Waals surface area contributed by atoms with Crippen molar-refractivity contribution in [3.05, 3.63) is 84.2 Å². The molecule has 0 saturated heterocycles. The second kappa shape index (κ2) is 10.8. The maximum atomic E-state index is 13.9. The summed E-state index contributed by atoms with van der Waals surface area (Å²) in [6.45, 7) is 4.04. The average molecular weight is 475 g/mol. The van der Waals surface area contributed by atoms with Gasteiger partial charge < -0.3 is 14.8 Å². The number of carbonyl (C=O) groups is 1. The van der Waals surface area contributed by atoms with E-state index >= 15 is 0 Å². The molecule has 0 saturated carbocycles. The number of rotatable bonds is 9. The molecule has 1 aromatic heterocycles. The minimum atomic E-state index is -0.370. The number of ether oxygens (including phenoxy) is 2. The van der Waals surface area contributed by atoms with Crippen molar-refractivity contribution >= 4 is 11.6 Å². The summed E-state index contributed by atoms with van der Waals surface area (Å²) in [5.41, 5.74) is 3.04. The first kappa shape index (κ1) is 23.9. The van der Waals surface area contributed by atoms with Gasteiger partial charge in [-0.05, 0) is 54.1 Å². The molecule has 1 heterocycles. The summed E-state index contributed by atoms with van der Waals surface area (Å²) in [5.74, 6) is 0.687. The Morgan fingerprint density at radius 2 is 1.80 bits per heavy atom. The van der Waals surface area contributed by atoms with Crippen LogP contribution < -0.4 is 14.8 Å². The number of aromatic nitrogens is 3. The quantitative estimate of drug-likeness (QED) is 0.356. The fraction of sp³-hybridized carbons (Fsp3) is 0.222. The van der Waals surface area contributed by atoms with Crippen molar-refractivity contribution in [1.82, 2.24) is 14.8 Å². The van der Waals surface area contributed by atoms with Crippen molar-refractivity contribution in [2.24, 2.45) is 5.92 Å². The van der Waals surface area contributed by atoms with Gasteiger partial charge in [0.1, 0.15) is 11.6 Å². The molecule has 3 aromatic carbocycles. The Labute approximate surface area is 203 Å². The largest absolute Gasteiger partial charge is 0.497 e. The summed E-state index contributed by atoms with van der Waals surface area (Å²) in [6.07, 6.45) is 0.665. The number of methoxy groups -OCH3 is 1. The molecule has 180 valence electrons. The Balaban J connectivity index is 1.56. The first-order chi connectivity index (χ1) is 16.9. The van der Waals surface area contributed by atoms with Gasteiger partial charge in [0.2, 0.25) is 5.91 Å². The Kier molecular flexibility index (Phi) is 7.40. The van der Waals surface area contributed by atoms with Gasteiger partial charge in [0.25, 0.3) is 0 Å². The van der Waals surface area contributed by atoms with Gasteiger partial charge in [-0.15, -0.1) is 5.10 Å². The Hall–Kier alpha value is -4.20. The number of nitrogens with zero attached hydrogens (tertiary/aromatic N) is 3. The number of hydrogen-bond acceptors (Lipinski definition) is 5. The van der Waals surface area contributed by atoms with E-state index in [1.807, 2.05) is 50.2 Å².